The van der Waals surface area contributed by atoms with Crippen LogP contribution in [0.3, 0.4) is 0 Å². The second-order valence-corrected chi connectivity index (χ2v) is 5.35. The van der Waals surface area contributed by atoms with Gasteiger partial charge in [-0.2, -0.15) is 4.98 Å². The lowest BCUT2D eigenvalue weighted by Gasteiger charge is -2.20. The summed E-state index contributed by atoms with van der Waals surface area (Å²) in [6, 6.07) is 6.24. The highest BCUT2D eigenvalue weighted by Crippen LogP contribution is 2.29. The molecule has 4 nitrogen and oxygen atoms in total. The first-order valence-electron chi connectivity index (χ1n) is 6.48. The molecule has 0 atom stereocenters. The number of ketones is 1. The van der Waals surface area contributed by atoms with E-state index in [0.717, 1.165) is 5.56 Å². The van der Waals surface area contributed by atoms with Gasteiger partial charge < -0.3 is 9.32 Å². The number of carbonyl (C=O) groups excluding carboxylic acids is 1. The Morgan fingerprint density at radius 3 is 2.55 bits per heavy atom. The van der Waals surface area contributed by atoms with E-state index in [1.165, 1.54) is 19.1 Å². The minimum atomic E-state index is -0.480. The van der Waals surface area contributed by atoms with Crippen molar-refractivity contribution in [3.8, 4) is 0 Å². The molecular formula is C15H17FN2O2. The maximum absolute atomic E-state index is 13.0. The van der Waals surface area contributed by atoms with Gasteiger partial charge in [-0.25, -0.2) is 4.39 Å². The molecule has 5 heteroatoms. The van der Waals surface area contributed by atoms with Crippen LogP contribution in [0, 0.1) is 5.82 Å². The van der Waals surface area contributed by atoms with Gasteiger partial charge in [0.05, 0.1) is 5.41 Å². The van der Waals surface area contributed by atoms with E-state index in [1.807, 2.05) is 13.8 Å². The van der Waals surface area contributed by atoms with Gasteiger partial charge in [-0.15, -0.1) is 0 Å². The number of hydrogen-bond acceptors (Lipinski definition) is 4. The summed E-state index contributed by atoms with van der Waals surface area (Å²) in [5.74, 6) is 0.787. The minimum absolute atomic E-state index is 0.0857. The van der Waals surface area contributed by atoms with Gasteiger partial charge in [-0.1, -0.05) is 17.3 Å². The number of aromatic nitrogens is 2. The molecule has 0 unspecified atom stereocenters. The van der Waals surface area contributed by atoms with Gasteiger partial charge in [0.2, 0.25) is 5.89 Å². The predicted molar refractivity (Wildman–Crippen MR) is 71.8 cm³/mol. The van der Waals surface area contributed by atoms with Crippen molar-refractivity contribution in [3.63, 3.8) is 0 Å². The quantitative estimate of drug-likeness (QED) is 0.842. The normalized spacial score (nSPS) is 11.6. The molecule has 0 bridgehead atoms. The zero-order chi connectivity index (χ0) is 14.8. The van der Waals surface area contributed by atoms with Crippen LogP contribution < -0.4 is 0 Å². The number of Topliss-reactive ketones (excluding diaryl/α,β-unsaturated/α-hetero) is 1. The smallest absolute Gasteiger partial charge is 0.227 e. The Labute approximate surface area is 117 Å². The fourth-order valence-corrected chi connectivity index (χ4v) is 1.89. The van der Waals surface area contributed by atoms with Gasteiger partial charge >= 0.3 is 0 Å². The summed E-state index contributed by atoms with van der Waals surface area (Å²) in [6.07, 6.45) is 0.834. The van der Waals surface area contributed by atoms with E-state index in [-0.39, 0.29) is 11.6 Å². The van der Waals surface area contributed by atoms with Crippen molar-refractivity contribution >= 4 is 5.78 Å². The molecular weight excluding hydrogens is 259 g/mol. The van der Waals surface area contributed by atoms with E-state index in [2.05, 4.69) is 10.1 Å². The summed E-state index contributed by atoms with van der Waals surface area (Å²) in [5, 5.41) is 3.97. The molecule has 0 saturated heterocycles. The lowest BCUT2D eigenvalue weighted by molar-refractivity contribution is -0.117. The van der Waals surface area contributed by atoms with Gasteiger partial charge in [-0.05, 0) is 38.5 Å². The summed E-state index contributed by atoms with van der Waals surface area (Å²) in [7, 11) is 0. The highest BCUT2D eigenvalue weighted by molar-refractivity contribution is 5.75. The number of hydrogen-bond donors (Lipinski definition) is 0. The van der Waals surface area contributed by atoms with Crippen LogP contribution in [-0.4, -0.2) is 15.9 Å². The zero-order valence-corrected chi connectivity index (χ0v) is 11.8. The van der Waals surface area contributed by atoms with Crippen molar-refractivity contribution in [2.75, 3.05) is 0 Å². The molecule has 1 aromatic carbocycles. The molecule has 106 valence electrons. The van der Waals surface area contributed by atoms with Crippen molar-refractivity contribution in [2.24, 2.45) is 0 Å². The Hall–Kier alpha value is -2.04. The molecule has 2 aromatic rings. The first-order chi connectivity index (χ1) is 9.39. The van der Waals surface area contributed by atoms with Crippen LogP contribution in [-0.2, 0) is 16.6 Å². The van der Waals surface area contributed by atoms with Crippen LogP contribution in [0.4, 0.5) is 4.39 Å². The lowest BCUT2D eigenvalue weighted by atomic mass is 9.84. The fraction of sp³-hybridized carbons (Fsp3) is 0.400. The third-order valence-electron chi connectivity index (χ3n) is 3.28. The second kappa shape index (κ2) is 5.53. The molecule has 1 aromatic heterocycles. The number of nitrogens with zero attached hydrogens (tertiary/aromatic N) is 2. The minimum Gasteiger partial charge on any atom is -0.339 e. The predicted octanol–water partition coefficient (Wildman–Crippen LogP) is 3.06. The van der Waals surface area contributed by atoms with Gasteiger partial charge in [0.15, 0.2) is 5.82 Å². The molecule has 0 amide bonds. The van der Waals surface area contributed by atoms with Crippen LogP contribution >= 0.6 is 0 Å². The van der Waals surface area contributed by atoms with Crippen LogP contribution in [0.15, 0.2) is 28.8 Å². The molecule has 2 rings (SSSR count). The van der Waals surface area contributed by atoms with Gasteiger partial charge in [-0.3, -0.25) is 0 Å². The largest absolute Gasteiger partial charge is 0.339 e. The lowest BCUT2D eigenvalue weighted by Crippen LogP contribution is -2.20. The second-order valence-electron chi connectivity index (χ2n) is 5.35. The molecule has 0 aliphatic rings. The molecule has 0 radical (unpaired) electrons. The van der Waals surface area contributed by atoms with Crippen molar-refractivity contribution < 1.29 is 13.7 Å². The maximum atomic E-state index is 13.0. The number of rotatable bonds is 5. The van der Waals surface area contributed by atoms with Crippen LogP contribution in [0.25, 0.3) is 0 Å². The first-order valence-corrected chi connectivity index (χ1v) is 6.48. The maximum Gasteiger partial charge on any atom is 0.227 e. The first kappa shape index (κ1) is 14.4. The Bertz CT molecular complexity index is 603. The van der Waals surface area contributed by atoms with E-state index in [1.54, 1.807) is 12.1 Å². The number of aryl methyl sites for hydroxylation is 1. The average molecular weight is 276 g/mol. The van der Waals surface area contributed by atoms with Crippen molar-refractivity contribution in [2.45, 2.75) is 39.0 Å². The molecule has 0 spiro atoms. The fourth-order valence-electron chi connectivity index (χ4n) is 1.89. The highest BCUT2D eigenvalue weighted by atomic mass is 19.1. The summed E-state index contributed by atoms with van der Waals surface area (Å²) >= 11 is 0. The molecule has 0 aliphatic heterocycles. The highest BCUT2D eigenvalue weighted by Gasteiger charge is 2.28. The summed E-state index contributed by atoms with van der Waals surface area (Å²) < 4.78 is 18.1. The van der Waals surface area contributed by atoms with Crippen molar-refractivity contribution in [1.82, 2.24) is 10.1 Å². The molecule has 0 saturated carbocycles. The molecule has 0 fully saturated rings. The van der Waals surface area contributed by atoms with E-state index >= 15 is 0 Å². The Morgan fingerprint density at radius 2 is 1.95 bits per heavy atom. The third-order valence-corrected chi connectivity index (χ3v) is 3.28. The van der Waals surface area contributed by atoms with E-state index in [4.69, 9.17) is 4.52 Å². The summed E-state index contributed by atoms with van der Waals surface area (Å²) in [6.45, 7) is 5.42. The number of halogens is 1. The zero-order valence-electron chi connectivity index (χ0n) is 11.8. The van der Waals surface area contributed by atoms with Gasteiger partial charge in [0.1, 0.15) is 11.6 Å². The van der Waals surface area contributed by atoms with Gasteiger partial charge in [0, 0.05) is 12.8 Å². The van der Waals surface area contributed by atoms with Gasteiger partial charge in [0.25, 0.3) is 0 Å². The molecule has 1 heterocycles. The van der Waals surface area contributed by atoms with Crippen molar-refractivity contribution in [3.05, 3.63) is 47.4 Å². The van der Waals surface area contributed by atoms with E-state index < -0.39 is 5.41 Å². The average Bonchev–Trinajstić information content (AvgIpc) is 2.86. The van der Waals surface area contributed by atoms with Crippen molar-refractivity contribution in [1.29, 1.82) is 0 Å². The Kier molecular flexibility index (Phi) is 3.97. The molecule has 20 heavy (non-hydrogen) atoms. The topological polar surface area (TPSA) is 56.0 Å². The van der Waals surface area contributed by atoms with Crippen LogP contribution in [0.1, 0.15) is 44.5 Å². The molecule has 0 N–H and O–H groups in total. The SMILES string of the molecule is CC(=O)CCc1nc(C(C)(C)c2ccc(F)cc2)no1. The van der Waals surface area contributed by atoms with Crippen LogP contribution in [0.2, 0.25) is 0 Å². The standard InChI is InChI=1S/C15H17FN2O2/c1-10(19)4-9-13-17-14(18-20-13)15(2,3)11-5-7-12(16)8-6-11/h5-8H,4,9H2,1-3H3. The Morgan fingerprint density at radius 1 is 1.30 bits per heavy atom. The van der Waals surface area contributed by atoms with E-state index in [9.17, 15) is 9.18 Å². The third kappa shape index (κ3) is 3.10. The number of benzene rings is 1. The Balaban J connectivity index is 2.21. The molecule has 0 aliphatic carbocycles. The number of carbonyl (C=O) groups is 1. The van der Waals surface area contributed by atoms with E-state index in [0.29, 0.717) is 24.6 Å². The van der Waals surface area contributed by atoms with Crippen LogP contribution in [0.5, 0.6) is 0 Å². The summed E-state index contributed by atoms with van der Waals surface area (Å²) in [5.41, 5.74) is 0.420. The summed E-state index contributed by atoms with van der Waals surface area (Å²) in [4.78, 5) is 15.3. The monoisotopic (exact) mass is 276 g/mol.